The first-order chi connectivity index (χ1) is 12.2. The topological polar surface area (TPSA) is 17.1 Å². The predicted molar refractivity (Wildman–Crippen MR) is 112 cm³/mol. The van der Waals surface area contributed by atoms with E-state index in [2.05, 4.69) is 52.3 Å². The van der Waals surface area contributed by atoms with Crippen LogP contribution in [-0.2, 0) is 4.57 Å². The molecule has 0 fully saturated rings. The molecule has 0 aromatic heterocycles. The Bertz CT molecular complexity index is 1060. The van der Waals surface area contributed by atoms with E-state index < -0.39 is 7.80 Å². The second-order valence-electron chi connectivity index (χ2n) is 5.95. The van der Waals surface area contributed by atoms with Crippen molar-refractivity contribution in [2.24, 2.45) is 0 Å². The van der Waals surface area contributed by atoms with E-state index in [-0.39, 0.29) is 0 Å². The second kappa shape index (κ2) is 7.00. The van der Waals surface area contributed by atoms with Crippen LogP contribution in [0.4, 0.5) is 0 Å². The molecule has 0 aliphatic heterocycles. The summed E-state index contributed by atoms with van der Waals surface area (Å²) in [5, 5.41) is 4.08. The summed E-state index contributed by atoms with van der Waals surface area (Å²) >= 11 is 3.49. The van der Waals surface area contributed by atoms with Gasteiger partial charge in [0.2, 0.25) is 0 Å². The number of rotatable bonds is 3. The van der Waals surface area contributed by atoms with Crippen molar-refractivity contribution < 1.29 is 4.57 Å². The average Bonchev–Trinajstić information content (AvgIpc) is 2.68. The Labute approximate surface area is 156 Å². The van der Waals surface area contributed by atoms with E-state index >= 15 is 0 Å². The molecule has 0 saturated heterocycles. The molecule has 3 heteroatoms. The predicted octanol–water partition coefficient (Wildman–Crippen LogP) is 5.78. The lowest BCUT2D eigenvalue weighted by atomic mass is 10.0. The third kappa shape index (κ3) is 3.33. The molecule has 4 aromatic rings. The zero-order chi connectivity index (χ0) is 17.2. The maximum atomic E-state index is 13.3. The Morgan fingerprint density at radius 1 is 0.680 bits per heavy atom. The van der Waals surface area contributed by atoms with Crippen LogP contribution in [0.3, 0.4) is 0 Å². The summed E-state index contributed by atoms with van der Waals surface area (Å²) in [5.74, 6) is 0. The van der Waals surface area contributed by atoms with Gasteiger partial charge in [0.15, 0.2) is 0 Å². The van der Waals surface area contributed by atoms with Crippen LogP contribution < -0.4 is 10.6 Å². The summed E-state index contributed by atoms with van der Waals surface area (Å²) in [7, 11) is -2.08. The van der Waals surface area contributed by atoms with Crippen molar-refractivity contribution in [2.75, 3.05) is 0 Å². The maximum Gasteiger partial charge on any atom is 0.132 e. The third-order valence-electron chi connectivity index (χ3n) is 4.32. The van der Waals surface area contributed by atoms with Gasteiger partial charge in [0.1, 0.15) is 7.80 Å². The molecule has 0 radical (unpaired) electrons. The van der Waals surface area contributed by atoms with E-state index in [1.807, 2.05) is 54.6 Å². The molecular formula is C22H16BrOP. The van der Waals surface area contributed by atoms with E-state index in [1.165, 1.54) is 0 Å². The van der Waals surface area contributed by atoms with Gasteiger partial charge in [-0.05, 0) is 46.2 Å². The normalized spacial score (nSPS) is 12.2. The molecule has 0 aliphatic rings. The molecular weight excluding hydrogens is 391 g/mol. The van der Waals surface area contributed by atoms with Crippen molar-refractivity contribution >= 4 is 45.1 Å². The Morgan fingerprint density at radius 3 is 1.96 bits per heavy atom. The van der Waals surface area contributed by atoms with Gasteiger partial charge in [-0.2, -0.15) is 0 Å². The summed E-state index contributed by atoms with van der Waals surface area (Å²) in [6.07, 6.45) is 0. The summed E-state index contributed by atoms with van der Waals surface area (Å²) in [4.78, 5) is 0. The minimum absolute atomic E-state index is 0.890. The van der Waals surface area contributed by atoms with Gasteiger partial charge in [0.05, 0.1) is 0 Å². The van der Waals surface area contributed by atoms with E-state index in [9.17, 15) is 4.57 Å². The van der Waals surface area contributed by atoms with E-state index in [0.717, 1.165) is 37.0 Å². The highest BCUT2D eigenvalue weighted by Gasteiger charge is 2.14. The van der Waals surface area contributed by atoms with E-state index in [1.54, 1.807) is 0 Å². The van der Waals surface area contributed by atoms with Crippen LogP contribution in [0.2, 0.25) is 0 Å². The van der Waals surface area contributed by atoms with Crippen molar-refractivity contribution in [2.45, 2.75) is 0 Å². The summed E-state index contributed by atoms with van der Waals surface area (Å²) in [6, 6.07) is 30.4. The highest BCUT2D eigenvalue weighted by atomic mass is 79.9. The lowest BCUT2D eigenvalue weighted by Gasteiger charge is -2.13. The van der Waals surface area contributed by atoms with Crippen LogP contribution >= 0.6 is 23.7 Å². The van der Waals surface area contributed by atoms with Gasteiger partial charge in [0, 0.05) is 15.1 Å². The van der Waals surface area contributed by atoms with E-state index in [0.29, 0.717) is 0 Å². The van der Waals surface area contributed by atoms with E-state index in [4.69, 9.17) is 0 Å². The molecule has 1 atom stereocenters. The van der Waals surface area contributed by atoms with Gasteiger partial charge in [-0.25, -0.2) is 0 Å². The summed E-state index contributed by atoms with van der Waals surface area (Å²) < 4.78 is 14.4. The molecule has 0 amide bonds. The van der Waals surface area contributed by atoms with Crippen molar-refractivity contribution in [3.8, 4) is 11.1 Å². The smallest absolute Gasteiger partial charge is 0.132 e. The molecule has 0 aliphatic carbocycles. The lowest BCUT2D eigenvalue weighted by molar-refractivity contribution is 0.598. The molecule has 0 saturated carbocycles. The molecule has 0 spiro atoms. The van der Waals surface area contributed by atoms with Crippen molar-refractivity contribution in [3.05, 3.63) is 95.5 Å². The first kappa shape index (κ1) is 16.3. The quantitative estimate of drug-likeness (QED) is 0.394. The number of hydrogen-bond acceptors (Lipinski definition) is 1. The summed E-state index contributed by atoms with van der Waals surface area (Å²) in [5.41, 5.74) is 2.12. The molecule has 0 heterocycles. The lowest BCUT2D eigenvalue weighted by Crippen LogP contribution is -2.09. The van der Waals surface area contributed by atoms with Crippen molar-refractivity contribution in [1.29, 1.82) is 0 Å². The van der Waals surface area contributed by atoms with Gasteiger partial charge < -0.3 is 4.57 Å². The van der Waals surface area contributed by atoms with Gasteiger partial charge in [-0.3, -0.25) is 0 Å². The minimum Gasteiger partial charge on any atom is -0.317 e. The monoisotopic (exact) mass is 406 g/mol. The van der Waals surface area contributed by atoms with Crippen molar-refractivity contribution in [3.63, 3.8) is 0 Å². The highest BCUT2D eigenvalue weighted by molar-refractivity contribution is 9.10. The van der Waals surface area contributed by atoms with Crippen LogP contribution in [0.15, 0.2) is 95.5 Å². The Kier molecular flexibility index (Phi) is 4.57. The highest BCUT2D eigenvalue weighted by Crippen LogP contribution is 2.32. The molecule has 4 aromatic carbocycles. The first-order valence-electron chi connectivity index (χ1n) is 8.11. The fraction of sp³-hybridized carbons (Fsp3) is 0. The van der Waals surface area contributed by atoms with Gasteiger partial charge in [-0.15, -0.1) is 0 Å². The zero-order valence-corrected chi connectivity index (χ0v) is 16.0. The first-order valence-corrected chi connectivity index (χ1v) is 10.3. The standard InChI is InChI=1S/C22H16BrOP/c23-19-12-10-16(11-13-19)21-14-17-6-4-5-7-18(17)15-22(21)25(24)20-8-2-1-3-9-20/h1-15,25H. The minimum atomic E-state index is -2.08. The van der Waals surface area contributed by atoms with Crippen molar-refractivity contribution in [1.82, 2.24) is 0 Å². The van der Waals surface area contributed by atoms with Crippen LogP contribution in [0.25, 0.3) is 21.9 Å². The average molecular weight is 407 g/mol. The molecule has 1 unspecified atom stereocenters. The number of halogens is 1. The van der Waals surface area contributed by atoms with Gasteiger partial charge in [-0.1, -0.05) is 82.7 Å². The molecule has 0 N–H and O–H groups in total. The second-order valence-corrected chi connectivity index (χ2v) is 8.64. The SMILES string of the molecule is O=[PH](c1ccccc1)c1cc2ccccc2cc1-c1ccc(Br)cc1. The van der Waals surface area contributed by atoms with Gasteiger partial charge >= 0.3 is 0 Å². The largest absolute Gasteiger partial charge is 0.317 e. The number of fused-ring (bicyclic) bond motifs is 1. The fourth-order valence-electron chi connectivity index (χ4n) is 3.04. The molecule has 122 valence electrons. The van der Waals surface area contributed by atoms with Crippen LogP contribution in [-0.4, -0.2) is 0 Å². The van der Waals surface area contributed by atoms with Crippen LogP contribution in [0.5, 0.6) is 0 Å². The molecule has 1 nitrogen and oxygen atoms in total. The zero-order valence-electron chi connectivity index (χ0n) is 13.4. The molecule has 0 bridgehead atoms. The fourth-order valence-corrected chi connectivity index (χ4v) is 4.86. The maximum absolute atomic E-state index is 13.3. The summed E-state index contributed by atoms with van der Waals surface area (Å²) in [6.45, 7) is 0. The molecule has 25 heavy (non-hydrogen) atoms. The third-order valence-corrected chi connectivity index (χ3v) is 6.61. The van der Waals surface area contributed by atoms with Gasteiger partial charge in [0.25, 0.3) is 0 Å². The van der Waals surface area contributed by atoms with Crippen LogP contribution in [0, 0.1) is 0 Å². The number of hydrogen-bond donors (Lipinski definition) is 0. The van der Waals surface area contributed by atoms with Crippen LogP contribution in [0.1, 0.15) is 0 Å². The Balaban J connectivity index is 1.96. The molecule has 4 rings (SSSR count). The number of benzene rings is 4. The Hall–Kier alpha value is -2.15. The Morgan fingerprint density at radius 2 is 1.28 bits per heavy atom.